The lowest BCUT2D eigenvalue weighted by Crippen LogP contribution is -2.29. The highest BCUT2D eigenvalue weighted by Gasteiger charge is 2.22. The number of hydrogen-bond donors (Lipinski definition) is 2. The number of benzene rings is 1. The van der Waals surface area contributed by atoms with Crippen LogP contribution in [0.3, 0.4) is 0 Å². The third-order valence-electron chi connectivity index (χ3n) is 2.80. The zero-order valence-corrected chi connectivity index (χ0v) is 10.8. The van der Waals surface area contributed by atoms with Gasteiger partial charge in [-0.2, -0.15) is 0 Å². The van der Waals surface area contributed by atoms with Crippen LogP contribution in [0.4, 0.5) is 4.39 Å². The molecule has 0 heterocycles. The molecule has 1 aliphatic carbocycles. The van der Waals surface area contributed by atoms with E-state index in [0.29, 0.717) is 36.1 Å². The molecular weight excluding hydrogens is 255 g/mol. The van der Waals surface area contributed by atoms with Crippen molar-refractivity contribution in [3.05, 3.63) is 34.6 Å². The van der Waals surface area contributed by atoms with Crippen molar-refractivity contribution in [1.82, 2.24) is 10.6 Å². The number of carbonyl (C=O) groups excluding carboxylic acids is 1. The molecule has 3 nitrogen and oxygen atoms in total. The Kier molecular flexibility index (Phi) is 4.55. The highest BCUT2D eigenvalue weighted by atomic mass is 35.5. The molecule has 0 spiro atoms. The second-order valence-corrected chi connectivity index (χ2v) is 4.94. The van der Waals surface area contributed by atoms with Crippen molar-refractivity contribution in [3.63, 3.8) is 0 Å². The van der Waals surface area contributed by atoms with Crippen LogP contribution in [0.2, 0.25) is 5.02 Å². The average molecular weight is 271 g/mol. The smallest absolute Gasteiger partial charge is 0.221 e. The van der Waals surface area contributed by atoms with Gasteiger partial charge in [-0.25, -0.2) is 4.39 Å². The predicted molar refractivity (Wildman–Crippen MR) is 68.9 cm³/mol. The topological polar surface area (TPSA) is 41.1 Å². The maximum absolute atomic E-state index is 13.4. The van der Waals surface area contributed by atoms with E-state index in [2.05, 4.69) is 10.6 Å². The predicted octanol–water partition coefficient (Wildman–Crippen LogP) is 2.24. The number of hydrogen-bond acceptors (Lipinski definition) is 2. The quantitative estimate of drug-likeness (QED) is 0.779. The van der Waals surface area contributed by atoms with Crippen LogP contribution in [0.15, 0.2) is 18.2 Å². The van der Waals surface area contributed by atoms with Crippen LogP contribution in [-0.2, 0) is 11.3 Å². The van der Waals surface area contributed by atoms with Gasteiger partial charge in [0.2, 0.25) is 5.91 Å². The van der Waals surface area contributed by atoms with Crippen LogP contribution in [0.1, 0.15) is 24.8 Å². The molecule has 1 fully saturated rings. The Bertz CT molecular complexity index is 435. The van der Waals surface area contributed by atoms with Crippen LogP contribution < -0.4 is 10.6 Å². The summed E-state index contributed by atoms with van der Waals surface area (Å²) in [7, 11) is 0. The van der Waals surface area contributed by atoms with Crippen LogP contribution >= 0.6 is 11.6 Å². The minimum atomic E-state index is -0.322. The van der Waals surface area contributed by atoms with Crippen molar-refractivity contribution in [1.29, 1.82) is 0 Å². The normalized spacial score (nSPS) is 14.6. The Labute approximate surface area is 111 Å². The minimum Gasteiger partial charge on any atom is -0.353 e. The van der Waals surface area contributed by atoms with Crippen LogP contribution in [0.25, 0.3) is 0 Å². The molecule has 0 aromatic heterocycles. The van der Waals surface area contributed by atoms with Crippen molar-refractivity contribution >= 4 is 17.5 Å². The summed E-state index contributed by atoms with van der Waals surface area (Å²) < 4.78 is 13.4. The van der Waals surface area contributed by atoms with E-state index in [1.54, 1.807) is 12.1 Å². The second kappa shape index (κ2) is 6.16. The molecule has 0 aliphatic heterocycles. The van der Waals surface area contributed by atoms with Crippen molar-refractivity contribution in [2.45, 2.75) is 31.8 Å². The Morgan fingerprint density at radius 3 is 2.89 bits per heavy atom. The first-order valence-corrected chi connectivity index (χ1v) is 6.47. The molecule has 1 aliphatic rings. The number of amides is 1. The van der Waals surface area contributed by atoms with Gasteiger partial charge in [0, 0.05) is 36.1 Å². The van der Waals surface area contributed by atoms with Gasteiger partial charge < -0.3 is 10.6 Å². The summed E-state index contributed by atoms with van der Waals surface area (Å²) in [6.45, 7) is 0.945. The number of halogens is 2. The van der Waals surface area contributed by atoms with Crippen LogP contribution in [0.5, 0.6) is 0 Å². The molecule has 1 amide bonds. The first-order valence-electron chi connectivity index (χ1n) is 6.09. The fourth-order valence-corrected chi connectivity index (χ4v) is 1.78. The Morgan fingerprint density at radius 1 is 1.44 bits per heavy atom. The highest BCUT2D eigenvalue weighted by molar-refractivity contribution is 6.30. The van der Waals surface area contributed by atoms with E-state index >= 15 is 0 Å². The van der Waals surface area contributed by atoms with Gasteiger partial charge in [0.15, 0.2) is 0 Å². The van der Waals surface area contributed by atoms with Gasteiger partial charge in [-0.3, -0.25) is 4.79 Å². The summed E-state index contributed by atoms with van der Waals surface area (Å²) in [4.78, 5) is 11.4. The molecule has 1 saturated carbocycles. The summed E-state index contributed by atoms with van der Waals surface area (Å²) in [6, 6.07) is 4.99. The van der Waals surface area contributed by atoms with E-state index in [-0.39, 0.29) is 11.7 Å². The monoisotopic (exact) mass is 270 g/mol. The fraction of sp³-hybridized carbons (Fsp3) is 0.462. The lowest BCUT2D eigenvalue weighted by atomic mass is 10.2. The van der Waals surface area contributed by atoms with Gasteiger partial charge in [-0.1, -0.05) is 17.7 Å². The summed E-state index contributed by atoms with van der Waals surface area (Å²) in [6.07, 6.45) is 2.61. The summed E-state index contributed by atoms with van der Waals surface area (Å²) in [5.41, 5.74) is 0.557. The van der Waals surface area contributed by atoms with Gasteiger partial charge in [0.05, 0.1) is 0 Å². The molecule has 0 unspecified atom stereocenters. The molecule has 2 rings (SSSR count). The molecule has 0 atom stereocenters. The highest BCUT2D eigenvalue weighted by Crippen LogP contribution is 2.18. The van der Waals surface area contributed by atoms with E-state index in [1.165, 1.54) is 6.07 Å². The van der Waals surface area contributed by atoms with Crippen LogP contribution in [0, 0.1) is 5.82 Å². The van der Waals surface area contributed by atoms with Crippen molar-refractivity contribution in [3.8, 4) is 0 Å². The van der Waals surface area contributed by atoms with E-state index < -0.39 is 0 Å². The lowest BCUT2D eigenvalue weighted by Gasteiger charge is -2.06. The molecule has 98 valence electrons. The maximum Gasteiger partial charge on any atom is 0.221 e. The number of nitrogens with one attached hydrogen (secondary N) is 2. The Balaban J connectivity index is 1.66. The molecule has 2 N–H and O–H groups in total. The van der Waals surface area contributed by atoms with E-state index in [1.807, 2.05) is 0 Å². The van der Waals surface area contributed by atoms with Crippen molar-refractivity contribution in [2.24, 2.45) is 0 Å². The summed E-state index contributed by atoms with van der Waals surface area (Å²) in [5, 5.41) is 6.33. The molecule has 1 aromatic rings. The van der Waals surface area contributed by atoms with Gasteiger partial charge in [0.25, 0.3) is 0 Å². The Hall–Kier alpha value is -1.13. The summed E-state index contributed by atoms with van der Waals surface area (Å²) >= 11 is 5.66. The Morgan fingerprint density at radius 2 is 2.22 bits per heavy atom. The van der Waals surface area contributed by atoms with Gasteiger partial charge >= 0.3 is 0 Å². The average Bonchev–Trinajstić information content (AvgIpc) is 3.10. The molecule has 18 heavy (non-hydrogen) atoms. The molecular formula is C13H16ClFN2O. The fourth-order valence-electron chi connectivity index (χ4n) is 1.62. The third-order valence-corrected chi connectivity index (χ3v) is 3.04. The number of carbonyl (C=O) groups is 1. The lowest BCUT2D eigenvalue weighted by molar-refractivity contribution is -0.121. The van der Waals surface area contributed by atoms with Crippen molar-refractivity contribution in [2.75, 3.05) is 6.54 Å². The van der Waals surface area contributed by atoms with Crippen LogP contribution in [-0.4, -0.2) is 18.5 Å². The largest absolute Gasteiger partial charge is 0.353 e. The molecule has 0 bridgehead atoms. The first kappa shape index (κ1) is 13.3. The number of rotatable bonds is 6. The van der Waals surface area contributed by atoms with Gasteiger partial charge in [0.1, 0.15) is 5.82 Å². The van der Waals surface area contributed by atoms with Gasteiger partial charge in [-0.05, 0) is 25.0 Å². The third kappa shape index (κ3) is 4.27. The van der Waals surface area contributed by atoms with Crippen molar-refractivity contribution < 1.29 is 9.18 Å². The molecule has 0 radical (unpaired) electrons. The zero-order chi connectivity index (χ0) is 13.0. The second-order valence-electron chi connectivity index (χ2n) is 4.50. The first-order chi connectivity index (χ1) is 8.65. The van der Waals surface area contributed by atoms with E-state index in [0.717, 1.165) is 12.8 Å². The van der Waals surface area contributed by atoms with E-state index in [9.17, 15) is 9.18 Å². The molecule has 1 aromatic carbocycles. The standard InChI is InChI=1S/C13H16ClFN2O/c14-10-2-1-9(12(15)7-10)8-16-6-5-13(18)17-11-3-4-11/h1-2,7,11,16H,3-6,8H2,(H,17,18). The summed E-state index contributed by atoms with van der Waals surface area (Å²) in [5.74, 6) is -0.265. The van der Waals surface area contributed by atoms with E-state index in [4.69, 9.17) is 11.6 Å². The zero-order valence-electron chi connectivity index (χ0n) is 10.0. The maximum atomic E-state index is 13.4. The molecule has 0 saturated heterocycles. The minimum absolute atomic E-state index is 0.0570. The SMILES string of the molecule is O=C(CCNCc1ccc(Cl)cc1F)NC1CC1. The van der Waals surface area contributed by atoms with Gasteiger partial charge in [-0.15, -0.1) is 0 Å². The molecule has 5 heteroatoms.